The van der Waals surface area contributed by atoms with Crippen LogP contribution in [0, 0.1) is 34.6 Å². The Morgan fingerprint density at radius 1 is 0.929 bits per heavy atom. The second-order valence-electron chi connectivity index (χ2n) is 7.24. The fourth-order valence-corrected chi connectivity index (χ4v) is 4.08. The second-order valence-corrected chi connectivity index (χ2v) is 8.25. The third kappa shape index (κ3) is 3.31. The van der Waals surface area contributed by atoms with E-state index in [4.69, 9.17) is 4.98 Å². The van der Waals surface area contributed by atoms with Gasteiger partial charge in [-0.15, -0.1) is 0 Å². The summed E-state index contributed by atoms with van der Waals surface area (Å²) in [6.45, 7) is 10.1. The first-order valence-electron chi connectivity index (χ1n) is 9.15. The highest BCUT2D eigenvalue weighted by atomic mass is 32.1. The fraction of sp³-hybridized carbons (Fsp3) is 0.227. The molecule has 2 aromatic carbocycles. The van der Waals surface area contributed by atoms with Gasteiger partial charge in [-0.05, 0) is 81.1 Å². The zero-order chi connectivity index (χ0) is 20.0. The molecule has 1 N–H and O–H groups in total. The molecule has 0 aliphatic heterocycles. The summed E-state index contributed by atoms with van der Waals surface area (Å²) in [5, 5.41) is 8.28. The van der Waals surface area contributed by atoms with Crippen LogP contribution in [0.3, 0.4) is 0 Å². The molecule has 4 rings (SSSR count). The Bertz CT molecular complexity index is 1180. The summed E-state index contributed by atoms with van der Waals surface area (Å²) in [5.41, 5.74) is 7.10. The van der Waals surface area contributed by atoms with Crippen LogP contribution >= 0.6 is 11.3 Å². The minimum atomic E-state index is -0.156. The van der Waals surface area contributed by atoms with Gasteiger partial charge in [0.25, 0.3) is 5.91 Å². The van der Waals surface area contributed by atoms with Crippen LogP contribution in [0.4, 0.5) is 5.82 Å². The lowest BCUT2D eigenvalue weighted by atomic mass is 10.1. The van der Waals surface area contributed by atoms with Crippen molar-refractivity contribution < 1.29 is 4.79 Å². The number of hydrogen-bond acceptors (Lipinski definition) is 4. The van der Waals surface area contributed by atoms with Crippen molar-refractivity contribution in [3.8, 4) is 5.13 Å². The van der Waals surface area contributed by atoms with Gasteiger partial charge in [0.1, 0.15) is 5.82 Å². The number of fused-ring (bicyclic) bond motifs is 1. The highest BCUT2D eigenvalue weighted by molar-refractivity contribution is 7.20. The topological polar surface area (TPSA) is 59.8 Å². The summed E-state index contributed by atoms with van der Waals surface area (Å²) in [6.07, 6.45) is 0. The van der Waals surface area contributed by atoms with Crippen LogP contribution in [0.2, 0.25) is 0 Å². The van der Waals surface area contributed by atoms with E-state index in [1.807, 2.05) is 45.0 Å². The molecule has 0 unspecified atom stereocenters. The van der Waals surface area contributed by atoms with E-state index >= 15 is 0 Å². The Kier molecular flexibility index (Phi) is 4.51. The number of aryl methyl sites for hydroxylation is 5. The highest BCUT2D eigenvalue weighted by Crippen LogP contribution is 2.29. The standard InChI is InChI=1S/C22H22N4OS/c1-12-6-7-17(8-13(12)2)21(27)24-20-11-16(5)25-26(20)22-23-18-9-14(3)15(4)10-19(18)28-22/h6-11H,1-5H3,(H,24,27). The van der Waals surface area contributed by atoms with Crippen molar-refractivity contribution in [2.24, 2.45) is 0 Å². The van der Waals surface area contributed by atoms with Crippen LogP contribution < -0.4 is 5.32 Å². The lowest BCUT2D eigenvalue weighted by Crippen LogP contribution is -2.15. The number of nitrogens with one attached hydrogen (secondary N) is 1. The number of hydrogen-bond donors (Lipinski definition) is 1. The Morgan fingerprint density at radius 3 is 2.39 bits per heavy atom. The summed E-state index contributed by atoms with van der Waals surface area (Å²) in [4.78, 5) is 17.5. The monoisotopic (exact) mass is 390 g/mol. The van der Waals surface area contributed by atoms with Crippen LogP contribution in [-0.2, 0) is 0 Å². The molecule has 5 nitrogen and oxygen atoms in total. The van der Waals surface area contributed by atoms with Crippen LogP contribution in [-0.4, -0.2) is 20.7 Å². The molecular weight excluding hydrogens is 368 g/mol. The average Bonchev–Trinajstić information content (AvgIpc) is 3.20. The summed E-state index contributed by atoms with van der Waals surface area (Å²) in [5.74, 6) is 0.463. The van der Waals surface area contributed by atoms with Gasteiger partial charge in [-0.2, -0.15) is 9.78 Å². The molecule has 4 aromatic rings. The quantitative estimate of drug-likeness (QED) is 0.518. The lowest BCUT2D eigenvalue weighted by Gasteiger charge is -2.08. The molecule has 0 aliphatic carbocycles. The third-order valence-corrected chi connectivity index (χ3v) is 6.01. The van der Waals surface area contributed by atoms with Crippen LogP contribution in [0.1, 0.15) is 38.3 Å². The minimum absolute atomic E-state index is 0.156. The van der Waals surface area contributed by atoms with Crippen molar-refractivity contribution in [3.05, 3.63) is 69.9 Å². The van der Waals surface area contributed by atoms with Gasteiger partial charge in [0.2, 0.25) is 5.13 Å². The first-order chi connectivity index (χ1) is 13.3. The van der Waals surface area contributed by atoms with Gasteiger partial charge in [0.05, 0.1) is 15.9 Å². The van der Waals surface area contributed by atoms with E-state index in [-0.39, 0.29) is 5.91 Å². The number of thiazole rings is 1. The zero-order valence-corrected chi connectivity index (χ0v) is 17.4. The first-order valence-corrected chi connectivity index (χ1v) is 9.97. The van der Waals surface area contributed by atoms with Crippen molar-refractivity contribution in [2.45, 2.75) is 34.6 Å². The molecule has 2 heterocycles. The summed E-state index contributed by atoms with van der Waals surface area (Å²) in [6, 6.07) is 11.8. The number of benzene rings is 2. The van der Waals surface area contributed by atoms with Gasteiger partial charge in [-0.3, -0.25) is 4.79 Å². The number of nitrogens with zero attached hydrogens (tertiary/aromatic N) is 3. The van der Waals surface area contributed by atoms with Gasteiger partial charge < -0.3 is 5.32 Å². The molecule has 1 amide bonds. The van der Waals surface area contributed by atoms with Crippen molar-refractivity contribution in [1.29, 1.82) is 0 Å². The Hall–Kier alpha value is -2.99. The van der Waals surface area contributed by atoms with Crippen LogP contribution in [0.25, 0.3) is 15.3 Å². The Balaban J connectivity index is 1.71. The molecular formula is C22H22N4OS. The molecule has 0 saturated heterocycles. The molecule has 0 spiro atoms. The summed E-state index contributed by atoms with van der Waals surface area (Å²) < 4.78 is 2.82. The maximum absolute atomic E-state index is 12.8. The molecule has 0 aliphatic rings. The Morgan fingerprint density at radius 2 is 1.64 bits per heavy atom. The number of amides is 1. The van der Waals surface area contributed by atoms with Crippen molar-refractivity contribution in [3.63, 3.8) is 0 Å². The van der Waals surface area contributed by atoms with E-state index < -0.39 is 0 Å². The van der Waals surface area contributed by atoms with Gasteiger partial charge in [-0.25, -0.2) is 4.98 Å². The van der Waals surface area contributed by atoms with Crippen LogP contribution in [0.5, 0.6) is 0 Å². The number of carbonyl (C=O) groups is 1. The average molecular weight is 391 g/mol. The predicted octanol–water partition coefficient (Wildman–Crippen LogP) is 5.28. The number of anilines is 1. The molecule has 6 heteroatoms. The van der Waals surface area contributed by atoms with E-state index in [2.05, 4.69) is 36.4 Å². The molecule has 0 bridgehead atoms. The van der Waals surface area contributed by atoms with Gasteiger partial charge in [0, 0.05) is 11.6 Å². The maximum Gasteiger partial charge on any atom is 0.256 e. The van der Waals surface area contributed by atoms with E-state index in [1.165, 1.54) is 11.1 Å². The van der Waals surface area contributed by atoms with Crippen molar-refractivity contribution in [2.75, 3.05) is 5.32 Å². The summed E-state index contributed by atoms with van der Waals surface area (Å²) >= 11 is 1.57. The largest absolute Gasteiger partial charge is 0.306 e. The zero-order valence-electron chi connectivity index (χ0n) is 16.6. The molecule has 2 aromatic heterocycles. The maximum atomic E-state index is 12.8. The van der Waals surface area contributed by atoms with Crippen LogP contribution in [0.15, 0.2) is 36.4 Å². The molecule has 142 valence electrons. The van der Waals surface area contributed by atoms with Gasteiger partial charge in [-0.1, -0.05) is 17.4 Å². The SMILES string of the molecule is Cc1cc(NC(=O)c2ccc(C)c(C)c2)n(-c2nc3cc(C)c(C)cc3s2)n1. The number of aromatic nitrogens is 3. The number of rotatable bonds is 3. The molecule has 0 radical (unpaired) electrons. The van der Waals surface area contributed by atoms with E-state index in [0.717, 1.165) is 32.2 Å². The second kappa shape index (κ2) is 6.87. The minimum Gasteiger partial charge on any atom is -0.306 e. The normalized spacial score (nSPS) is 11.2. The molecule has 0 saturated carbocycles. The number of carbonyl (C=O) groups excluding carboxylic acids is 1. The molecule has 0 atom stereocenters. The van der Waals surface area contributed by atoms with Gasteiger partial charge >= 0.3 is 0 Å². The van der Waals surface area contributed by atoms with Gasteiger partial charge in [0.15, 0.2) is 0 Å². The lowest BCUT2D eigenvalue weighted by molar-refractivity contribution is 0.102. The molecule has 28 heavy (non-hydrogen) atoms. The van der Waals surface area contributed by atoms with E-state index in [9.17, 15) is 4.79 Å². The van der Waals surface area contributed by atoms with E-state index in [1.54, 1.807) is 16.0 Å². The summed E-state index contributed by atoms with van der Waals surface area (Å²) in [7, 11) is 0. The smallest absolute Gasteiger partial charge is 0.256 e. The van der Waals surface area contributed by atoms with Crippen molar-refractivity contribution >= 4 is 33.3 Å². The molecule has 0 fully saturated rings. The van der Waals surface area contributed by atoms with E-state index in [0.29, 0.717) is 11.4 Å². The van der Waals surface area contributed by atoms with Crippen molar-refractivity contribution in [1.82, 2.24) is 14.8 Å². The Labute approximate surface area is 168 Å². The predicted molar refractivity (Wildman–Crippen MR) is 115 cm³/mol. The fourth-order valence-electron chi connectivity index (χ4n) is 3.06. The third-order valence-electron chi connectivity index (χ3n) is 5.02. The first kappa shape index (κ1) is 18.4. The highest BCUT2D eigenvalue weighted by Gasteiger charge is 2.16.